The first kappa shape index (κ1) is 15.6. The van der Waals surface area contributed by atoms with E-state index in [1.54, 1.807) is 22.9 Å². The average molecular weight is 349 g/mol. The largest absolute Gasteiger partial charge is 0.291 e. The van der Waals surface area contributed by atoms with E-state index < -0.39 is 0 Å². The molecule has 3 heterocycles. The maximum Gasteiger partial charge on any atom is 0.262 e. The van der Waals surface area contributed by atoms with Gasteiger partial charge < -0.3 is 0 Å². The van der Waals surface area contributed by atoms with Crippen LogP contribution in [-0.2, 0) is 12.3 Å². The van der Waals surface area contributed by atoms with Gasteiger partial charge in [-0.1, -0.05) is 30.0 Å². The quantitative estimate of drug-likeness (QED) is 0.315. The van der Waals surface area contributed by atoms with Crippen LogP contribution in [0.5, 0.6) is 0 Å². The zero-order chi connectivity index (χ0) is 17.2. The molecule has 7 heteroatoms. The van der Waals surface area contributed by atoms with Gasteiger partial charge in [-0.05, 0) is 18.2 Å². The first-order chi connectivity index (χ1) is 12.3. The van der Waals surface area contributed by atoms with Crippen molar-refractivity contribution in [1.82, 2.24) is 23.9 Å². The molecule has 0 amide bonds. The summed E-state index contributed by atoms with van der Waals surface area (Å²) in [4.78, 5) is 26.1. The van der Waals surface area contributed by atoms with Crippen molar-refractivity contribution >= 4 is 28.4 Å². The van der Waals surface area contributed by atoms with E-state index >= 15 is 0 Å². The molecule has 0 unspecified atom stereocenters. The molecule has 0 bridgehead atoms. The van der Waals surface area contributed by atoms with Crippen molar-refractivity contribution < 1.29 is 0 Å². The lowest BCUT2D eigenvalue weighted by Gasteiger charge is -2.10. The van der Waals surface area contributed by atoms with Gasteiger partial charge in [-0.3, -0.25) is 13.8 Å². The van der Waals surface area contributed by atoms with Gasteiger partial charge in [-0.2, -0.15) is 0 Å². The third-order valence-corrected chi connectivity index (χ3v) is 4.78. The molecule has 25 heavy (non-hydrogen) atoms. The second-order valence-electron chi connectivity index (χ2n) is 5.46. The second kappa shape index (κ2) is 6.52. The Morgan fingerprint density at radius 2 is 2.08 bits per heavy atom. The van der Waals surface area contributed by atoms with Gasteiger partial charge >= 0.3 is 0 Å². The Labute approximate surface area is 147 Å². The van der Waals surface area contributed by atoms with E-state index in [0.717, 1.165) is 5.69 Å². The standard InChI is InChI=1S/C18H15N5OS/c1-2-9-23-16(24)14-6-3-4-7-15(14)21-18(23)25-12-13-11-22-10-5-8-19-17(22)20-13/h2-8,10-11H,1,9,12H2. The summed E-state index contributed by atoms with van der Waals surface area (Å²) in [5, 5.41) is 1.28. The molecule has 0 aliphatic heterocycles. The number of hydrogen-bond acceptors (Lipinski definition) is 5. The maximum absolute atomic E-state index is 12.7. The lowest BCUT2D eigenvalue weighted by Crippen LogP contribution is -2.22. The third kappa shape index (κ3) is 2.94. The smallest absolute Gasteiger partial charge is 0.262 e. The molecule has 0 spiro atoms. The van der Waals surface area contributed by atoms with E-state index in [1.165, 1.54) is 11.8 Å². The number of benzene rings is 1. The molecule has 0 atom stereocenters. The van der Waals surface area contributed by atoms with E-state index in [-0.39, 0.29) is 5.56 Å². The van der Waals surface area contributed by atoms with Crippen LogP contribution in [0, 0.1) is 0 Å². The molecule has 6 nitrogen and oxygen atoms in total. The fourth-order valence-electron chi connectivity index (χ4n) is 2.64. The normalized spacial score (nSPS) is 11.2. The third-order valence-electron chi connectivity index (χ3n) is 3.77. The van der Waals surface area contributed by atoms with Crippen LogP contribution in [0.15, 0.2) is 71.5 Å². The lowest BCUT2D eigenvalue weighted by molar-refractivity contribution is 0.671. The monoisotopic (exact) mass is 349 g/mol. The molecule has 0 radical (unpaired) electrons. The summed E-state index contributed by atoms with van der Waals surface area (Å²) in [6, 6.07) is 9.24. The molecule has 0 fully saturated rings. The molecule has 4 aromatic rings. The summed E-state index contributed by atoms with van der Waals surface area (Å²) in [5.41, 5.74) is 1.54. The van der Waals surface area contributed by atoms with Gasteiger partial charge in [0.2, 0.25) is 5.78 Å². The van der Waals surface area contributed by atoms with Crippen molar-refractivity contribution in [1.29, 1.82) is 0 Å². The molecule has 0 saturated carbocycles. The number of para-hydroxylation sites is 1. The summed E-state index contributed by atoms with van der Waals surface area (Å²) >= 11 is 1.48. The zero-order valence-corrected chi connectivity index (χ0v) is 14.2. The fraction of sp³-hybridized carbons (Fsp3) is 0.111. The van der Waals surface area contributed by atoms with Crippen LogP contribution in [0.1, 0.15) is 5.69 Å². The Balaban J connectivity index is 1.71. The predicted octanol–water partition coefficient (Wildman–Crippen LogP) is 2.92. The number of imidazole rings is 1. The van der Waals surface area contributed by atoms with Crippen LogP contribution in [0.2, 0.25) is 0 Å². The van der Waals surface area contributed by atoms with Gasteiger partial charge in [-0.15, -0.1) is 6.58 Å². The first-order valence-corrected chi connectivity index (χ1v) is 8.76. The SMILES string of the molecule is C=CCn1c(SCc2cn3cccnc3n2)nc2ccccc2c1=O. The van der Waals surface area contributed by atoms with Crippen LogP contribution in [0.25, 0.3) is 16.7 Å². The average Bonchev–Trinajstić information content (AvgIpc) is 3.06. The number of fused-ring (bicyclic) bond motifs is 2. The van der Waals surface area contributed by atoms with Crippen molar-refractivity contribution in [2.45, 2.75) is 17.5 Å². The van der Waals surface area contributed by atoms with Gasteiger partial charge in [0.1, 0.15) is 0 Å². The summed E-state index contributed by atoms with van der Waals surface area (Å²) in [6.07, 6.45) is 7.26. The number of hydrogen-bond donors (Lipinski definition) is 0. The summed E-state index contributed by atoms with van der Waals surface area (Å²) in [7, 11) is 0. The van der Waals surface area contributed by atoms with Gasteiger partial charge in [-0.25, -0.2) is 15.0 Å². The number of nitrogens with zero attached hydrogens (tertiary/aromatic N) is 5. The Hall–Kier alpha value is -2.93. The molecule has 3 aromatic heterocycles. The Morgan fingerprint density at radius 3 is 2.92 bits per heavy atom. The van der Waals surface area contributed by atoms with E-state index in [0.29, 0.717) is 34.1 Å². The Morgan fingerprint density at radius 1 is 1.20 bits per heavy atom. The van der Waals surface area contributed by atoms with Crippen molar-refractivity contribution in [3.63, 3.8) is 0 Å². The molecule has 0 aliphatic carbocycles. The first-order valence-electron chi connectivity index (χ1n) is 7.78. The van der Waals surface area contributed by atoms with Gasteiger partial charge in [0.25, 0.3) is 5.56 Å². The minimum Gasteiger partial charge on any atom is -0.291 e. The minimum absolute atomic E-state index is 0.0512. The van der Waals surface area contributed by atoms with Crippen LogP contribution >= 0.6 is 11.8 Å². The highest BCUT2D eigenvalue weighted by Crippen LogP contribution is 2.22. The number of rotatable bonds is 5. The predicted molar refractivity (Wildman–Crippen MR) is 98.7 cm³/mol. The molecule has 124 valence electrons. The summed E-state index contributed by atoms with van der Waals surface area (Å²) in [6.45, 7) is 4.17. The highest BCUT2D eigenvalue weighted by Gasteiger charge is 2.11. The molecule has 4 rings (SSSR count). The van der Waals surface area contributed by atoms with Gasteiger partial charge in [0, 0.05) is 30.9 Å². The van der Waals surface area contributed by atoms with Crippen molar-refractivity contribution in [3.8, 4) is 0 Å². The minimum atomic E-state index is -0.0512. The molecular weight excluding hydrogens is 334 g/mol. The van der Waals surface area contributed by atoms with Crippen molar-refractivity contribution in [2.75, 3.05) is 0 Å². The summed E-state index contributed by atoms with van der Waals surface area (Å²) < 4.78 is 3.52. The van der Waals surface area contributed by atoms with Crippen molar-refractivity contribution in [3.05, 3.63) is 77.6 Å². The van der Waals surface area contributed by atoms with E-state index in [1.807, 2.05) is 41.1 Å². The number of aromatic nitrogens is 5. The molecule has 0 aliphatic rings. The highest BCUT2D eigenvalue weighted by molar-refractivity contribution is 7.98. The van der Waals surface area contributed by atoms with E-state index in [2.05, 4.69) is 21.5 Å². The Kier molecular flexibility index (Phi) is 4.07. The van der Waals surface area contributed by atoms with Gasteiger partial charge in [0.15, 0.2) is 5.16 Å². The van der Waals surface area contributed by atoms with E-state index in [4.69, 9.17) is 0 Å². The zero-order valence-electron chi connectivity index (χ0n) is 13.4. The van der Waals surface area contributed by atoms with Crippen molar-refractivity contribution in [2.24, 2.45) is 0 Å². The topological polar surface area (TPSA) is 65.1 Å². The van der Waals surface area contributed by atoms with Crippen LogP contribution in [0.3, 0.4) is 0 Å². The highest BCUT2D eigenvalue weighted by atomic mass is 32.2. The molecule has 0 saturated heterocycles. The van der Waals surface area contributed by atoms with Gasteiger partial charge in [0.05, 0.1) is 16.6 Å². The number of allylic oxidation sites excluding steroid dienone is 1. The second-order valence-corrected chi connectivity index (χ2v) is 6.41. The summed E-state index contributed by atoms with van der Waals surface area (Å²) in [5.74, 6) is 1.26. The van der Waals surface area contributed by atoms with Crippen LogP contribution in [-0.4, -0.2) is 23.9 Å². The fourth-order valence-corrected chi connectivity index (χ4v) is 3.53. The van der Waals surface area contributed by atoms with E-state index in [9.17, 15) is 4.79 Å². The number of thioether (sulfide) groups is 1. The lowest BCUT2D eigenvalue weighted by atomic mass is 10.2. The Bertz CT molecular complexity index is 1100. The molecule has 1 aromatic carbocycles. The molecular formula is C18H15N5OS. The molecule has 0 N–H and O–H groups in total. The maximum atomic E-state index is 12.7. The van der Waals surface area contributed by atoms with Crippen LogP contribution < -0.4 is 5.56 Å². The van der Waals surface area contributed by atoms with Crippen LogP contribution in [0.4, 0.5) is 0 Å².